The van der Waals surface area contributed by atoms with Gasteiger partial charge < -0.3 is 10.1 Å². The summed E-state index contributed by atoms with van der Waals surface area (Å²) >= 11 is 12.4. The molecule has 25 heavy (non-hydrogen) atoms. The molecule has 0 aliphatic rings. The standard InChI is InChI=1S/C15H14ClN3O4S2/c1-23-11(21)7-6-10(20)17-15(24)19-18-14(22)13-12(16)8-4-2-3-5-9(8)25-13/h2-5H,6-7H2,1H3,(H,18,22)(H2,17,19,20,24). The van der Waals surface area contributed by atoms with E-state index < -0.39 is 17.8 Å². The third kappa shape index (κ3) is 5.12. The van der Waals surface area contributed by atoms with E-state index in [0.717, 1.165) is 10.1 Å². The maximum Gasteiger partial charge on any atom is 0.306 e. The highest BCUT2D eigenvalue weighted by Crippen LogP contribution is 2.34. The molecule has 3 N–H and O–H groups in total. The first-order valence-corrected chi connectivity index (χ1v) is 8.66. The fourth-order valence-corrected chi connectivity index (χ4v) is 3.45. The Labute approximate surface area is 157 Å². The van der Waals surface area contributed by atoms with Crippen molar-refractivity contribution in [3.63, 3.8) is 0 Å². The van der Waals surface area contributed by atoms with Gasteiger partial charge in [-0.1, -0.05) is 29.8 Å². The molecule has 0 unspecified atom stereocenters. The summed E-state index contributed by atoms with van der Waals surface area (Å²) in [5.74, 6) is -1.45. The van der Waals surface area contributed by atoms with Gasteiger partial charge in [-0.05, 0) is 18.3 Å². The average molecular weight is 400 g/mol. The van der Waals surface area contributed by atoms with Crippen LogP contribution in [0.3, 0.4) is 0 Å². The van der Waals surface area contributed by atoms with Crippen molar-refractivity contribution in [1.29, 1.82) is 0 Å². The van der Waals surface area contributed by atoms with Crippen LogP contribution >= 0.6 is 35.2 Å². The summed E-state index contributed by atoms with van der Waals surface area (Å²) in [6, 6.07) is 7.38. The number of halogens is 1. The highest BCUT2D eigenvalue weighted by molar-refractivity contribution is 7.80. The molecule has 0 saturated carbocycles. The lowest BCUT2D eigenvalue weighted by Crippen LogP contribution is -2.48. The van der Waals surface area contributed by atoms with Crippen molar-refractivity contribution in [3.8, 4) is 0 Å². The second-order valence-electron chi connectivity index (χ2n) is 4.77. The molecule has 2 amide bonds. The minimum atomic E-state index is -0.498. The Morgan fingerprint density at radius 1 is 1.20 bits per heavy atom. The predicted octanol–water partition coefficient (Wildman–Crippen LogP) is 2.14. The van der Waals surface area contributed by atoms with E-state index in [9.17, 15) is 14.4 Å². The Morgan fingerprint density at radius 3 is 2.60 bits per heavy atom. The summed E-state index contributed by atoms with van der Waals surface area (Å²) in [5.41, 5.74) is 4.79. The van der Waals surface area contributed by atoms with Crippen LogP contribution in [0.2, 0.25) is 5.02 Å². The number of thiocarbonyl (C=S) groups is 1. The number of hydrazine groups is 1. The molecule has 10 heteroatoms. The minimum absolute atomic E-state index is 0.0608. The lowest BCUT2D eigenvalue weighted by Gasteiger charge is -2.10. The summed E-state index contributed by atoms with van der Waals surface area (Å²) in [4.78, 5) is 35.1. The van der Waals surface area contributed by atoms with E-state index in [0.29, 0.717) is 9.90 Å². The van der Waals surface area contributed by atoms with Gasteiger partial charge in [-0.25, -0.2) is 0 Å². The maximum atomic E-state index is 12.2. The van der Waals surface area contributed by atoms with Crippen molar-refractivity contribution in [2.45, 2.75) is 12.8 Å². The van der Waals surface area contributed by atoms with E-state index in [2.05, 4.69) is 20.9 Å². The van der Waals surface area contributed by atoms with Crippen molar-refractivity contribution in [3.05, 3.63) is 34.2 Å². The molecule has 2 aromatic rings. The van der Waals surface area contributed by atoms with E-state index in [4.69, 9.17) is 23.8 Å². The first-order chi connectivity index (χ1) is 11.9. The number of carbonyl (C=O) groups excluding carboxylic acids is 3. The zero-order chi connectivity index (χ0) is 18.4. The zero-order valence-electron chi connectivity index (χ0n) is 13.1. The number of carbonyl (C=O) groups is 3. The van der Waals surface area contributed by atoms with Crippen LogP contribution in [0.25, 0.3) is 10.1 Å². The van der Waals surface area contributed by atoms with Crippen LogP contribution < -0.4 is 16.2 Å². The summed E-state index contributed by atoms with van der Waals surface area (Å²) in [6.07, 6.45) is -0.140. The van der Waals surface area contributed by atoms with Crippen LogP contribution in [0.4, 0.5) is 0 Å². The van der Waals surface area contributed by atoms with E-state index >= 15 is 0 Å². The van der Waals surface area contributed by atoms with Crippen LogP contribution in [-0.2, 0) is 14.3 Å². The second-order valence-corrected chi connectivity index (χ2v) is 6.61. The van der Waals surface area contributed by atoms with Gasteiger partial charge in [0, 0.05) is 16.5 Å². The van der Waals surface area contributed by atoms with E-state index in [-0.39, 0.29) is 18.0 Å². The minimum Gasteiger partial charge on any atom is -0.469 e. The van der Waals surface area contributed by atoms with Crippen molar-refractivity contribution in [2.75, 3.05) is 7.11 Å². The molecular formula is C15H14ClN3O4S2. The largest absolute Gasteiger partial charge is 0.469 e. The third-order valence-corrected chi connectivity index (χ3v) is 4.95. The summed E-state index contributed by atoms with van der Waals surface area (Å²) < 4.78 is 5.32. The number of rotatable bonds is 4. The Hall–Kier alpha value is -2.23. The van der Waals surface area contributed by atoms with Crippen molar-refractivity contribution < 1.29 is 19.1 Å². The van der Waals surface area contributed by atoms with Crippen molar-refractivity contribution in [2.24, 2.45) is 0 Å². The number of nitrogens with one attached hydrogen (secondary N) is 3. The van der Waals surface area contributed by atoms with Crippen molar-refractivity contribution in [1.82, 2.24) is 16.2 Å². The van der Waals surface area contributed by atoms with E-state index in [1.165, 1.54) is 18.4 Å². The molecule has 0 fully saturated rings. The first-order valence-electron chi connectivity index (χ1n) is 7.06. The Kier molecular flexibility index (Phi) is 6.68. The Morgan fingerprint density at radius 2 is 1.92 bits per heavy atom. The molecule has 2 rings (SSSR count). The van der Waals surface area contributed by atoms with Gasteiger partial charge in [0.05, 0.1) is 18.6 Å². The van der Waals surface area contributed by atoms with Crippen LogP contribution in [0.5, 0.6) is 0 Å². The number of fused-ring (bicyclic) bond motifs is 1. The van der Waals surface area contributed by atoms with Gasteiger partial charge >= 0.3 is 5.97 Å². The molecule has 1 aromatic carbocycles. The molecule has 0 saturated heterocycles. The quantitative estimate of drug-likeness (QED) is 0.414. The Bertz CT molecular complexity index is 837. The molecular weight excluding hydrogens is 386 g/mol. The molecule has 7 nitrogen and oxygen atoms in total. The molecule has 1 aromatic heterocycles. The number of esters is 1. The van der Waals surface area contributed by atoms with Gasteiger partial charge in [0.1, 0.15) is 4.88 Å². The Balaban J connectivity index is 1.86. The van der Waals surface area contributed by atoms with Crippen molar-refractivity contribution >= 4 is 68.1 Å². The second kappa shape index (κ2) is 8.75. The number of methoxy groups -OCH3 is 1. The van der Waals surface area contributed by atoms with Gasteiger partial charge in [-0.2, -0.15) is 0 Å². The van der Waals surface area contributed by atoms with Crippen LogP contribution in [0.1, 0.15) is 22.5 Å². The normalized spacial score (nSPS) is 10.2. The SMILES string of the molecule is COC(=O)CCC(=O)NC(=S)NNC(=O)c1sc2ccccc2c1Cl. The summed E-state index contributed by atoms with van der Waals surface area (Å²) in [7, 11) is 1.24. The van der Waals surface area contributed by atoms with E-state index in [1.807, 2.05) is 24.3 Å². The average Bonchev–Trinajstić information content (AvgIpc) is 2.94. The van der Waals surface area contributed by atoms with Crippen LogP contribution in [-0.4, -0.2) is 30.0 Å². The molecule has 1 heterocycles. The zero-order valence-corrected chi connectivity index (χ0v) is 15.4. The first kappa shape index (κ1) is 19.1. The maximum absolute atomic E-state index is 12.2. The molecule has 0 aliphatic carbocycles. The highest BCUT2D eigenvalue weighted by Gasteiger charge is 2.17. The monoisotopic (exact) mass is 399 g/mol. The fourth-order valence-electron chi connectivity index (χ4n) is 1.87. The number of benzene rings is 1. The molecule has 0 atom stereocenters. The topological polar surface area (TPSA) is 96.5 Å². The predicted molar refractivity (Wildman–Crippen MR) is 99.4 cm³/mol. The molecule has 132 valence electrons. The van der Waals surface area contributed by atoms with Gasteiger partial charge in [0.2, 0.25) is 5.91 Å². The number of amides is 2. The van der Waals surface area contributed by atoms with E-state index in [1.54, 1.807) is 0 Å². The van der Waals surface area contributed by atoms with Gasteiger partial charge in [-0.3, -0.25) is 25.2 Å². The number of thiophene rings is 1. The molecule has 0 radical (unpaired) electrons. The highest BCUT2D eigenvalue weighted by atomic mass is 35.5. The molecule has 0 aliphatic heterocycles. The smallest absolute Gasteiger partial charge is 0.306 e. The third-order valence-electron chi connectivity index (χ3n) is 3.07. The number of hydrogen-bond acceptors (Lipinski definition) is 6. The number of ether oxygens (including phenoxy) is 1. The lowest BCUT2D eigenvalue weighted by atomic mass is 10.2. The van der Waals surface area contributed by atoms with Gasteiger partial charge in [-0.15, -0.1) is 11.3 Å². The summed E-state index contributed by atoms with van der Waals surface area (Å²) in [5, 5.41) is 3.38. The van der Waals surface area contributed by atoms with Crippen LogP contribution in [0.15, 0.2) is 24.3 Å². The molecule has 0 spiro atoms. The van der Waals surface area contributed by atoms with Gasteiger partial charge in [0.15, 0.2) is 5.11 Å². The number of hydrogen-bond donors (Lipinski definition) is 3. The van der Waals surface area contributed by atoms with Gasteiger partial charge in [0.25, 0.3) is 5.91 Å². The lowest BCUT2D eigenvalue weighted by molar-refractivity contribution is -0.142. The summed E-state index contributed by atoms with van der Waals surface area (Å²) in [6.45, 7) is 0. The fraction of sp³-hybridized carbons (Fsp3) is 0.200. The van der Waals surface area contributed by atoms with Crippen LogP contribution in [0, 0.1) is 0 Å². The molecule has 0 bridgehead atoms.